The molecule has 1 fully saturated rings. The van der Waals surface area contributed by atoms with Crippen LogP contribution in [0.15, 0.2) is 35.5 Å². The number of nitrogens with zero attached hydrogens (tertiary/aromatic N) is 2. The lowest BCUT2D eigenvalue weighted by atomic mass is 10.1. The van der Waals surface area contributed by atoms with E-state index in [2.05, 4.69) is 9.82 Å². The van der Waals surface area contributed by atoms with Crippen LogP contribution in [0, 0.1) is 5.82 Å². The number of hydrogen-bond donors (Lipinski definition) is 1. The zero-order valence-corrected chi connectivity index (χ0v) is 14.4. The number of aromatic nitrogens is 2. The molecule has 2 heterocycles. The zero-order chi connectivity index (χ0) is 17.2. The predicted octanol–water partition coefficient (Wildman–Crippen LogP) is 3.05. The van der Waals surface area contributed by atoms with Crippen LogP contribution in [0.25, 0.3) is 0 Å². The predicted molar refractivity (Wildman–Crippen MR) is 88.0 cm³/mol. The minimum atomic E-state index is -3.86. The van der Waals surface area contributed by atoms with E-state index in [0.29, 0.717) is 12.2 Å². The minimum Gasteiger partial charge on any atom is -0.376 e. The number of benzene rings is 1. The van der Waals surface area contributed by atoms with E-state index < -0.39 is 15.8 Å². The van der Waals surface area contributed by atoms with Crippen LogP contribution in [0.3, 0.4) is 0 Å². The van der Waals surface area contributed by atoms with Gasteiger partial charge in [0.2, 0.25) is 0 Å². The molecule has 6 nitrogen and oxygen atoms in total. The first-order valence-corrected chi connectivity index (χ1v) is 9.42. The van der Waals surface area contributed by atoms with Crippen molar-refractivity contribution in [2.75, 3.05) is 11.3 Å². The average Bonchev–Trinajstić information content (AvgIpc) is 2.97. The lowest BCUT2D eigenvalue weighted by Crippen LogP contribution is -2.24. The first kappa shape index (κ1) is 17.2. The standard InChI is InChI=1S/C15H17ClFN3O3S/c16-14-7-13(4-5-15(14)17)24(21,22)19-11-8-18-20(9-11)10-12-3-1-2-6-23-12/h4-5,7-9,12,19H,1-3,6,10H2/t12-/m1/s1. The van der Waals surface area contributed by atoms with Crippen molar-refractivity contribution in [2.24, 2.45) is 0 Å². The third-order valence-corrected chi connectivity index (χ3v) is 5.42. The summed E-state index contributed by atoms with van der Waals surface area (Å²) in [7, 11) is -3.86. The Labute approximate surface area is 144 Å². The van der Waals surface area contributed by atoms with Crippen molar-refractivity contribution in [1.29, 1.82) is 0 Å². The molecular formula is C15H17ClFN3O3S. The van der Waals surface area contributed by atoms with Crippen LogP contribution in [0.4, 0.5) is 10.1 Å². The fourth-order valence-corrected chi connectivity index (χ4v) is 3.83. The number of ether oxygens (including phenoxy) is 1. The second-order valence-electron chi connectivity index (χ2n) is 5.62. The second kappa shape index (κ2) is 7.08. The van der Waals surface area contributed by atoms with Crippen LogP contribution in [0.5, 0.6) is 0 Å². The van der Waals surface area contributed by atoms with Crippen LogP contribution in [-0.2, 0) is 21.3 Å². The van der Waals surface area contributed by atoms with Crippen molar-refractivity contribution in [3.05, 3.63) is 41.4 Å². The largest absolute Gasteiger partial charge is 0.376 e. The maximum absolute atomic E-state index is 13.2. The summed E-state index contributed by atoms with van der Waals surface area (Å²) in [5.74, 6) is -0.670. The van der Waals surface area contributed by atoms with E-state index >= 15 is 0 Å². The molecular weight excluding hydrogens is 357 g/mol. The zero-order valence-electron chi connectivity index (χ0n) is 12.8. The topological polar surface area (TPSA) is 73.2 Å². The number of rotatable bonds is 5. The summed E-state index contributed by atoms with van der Waals surface area (Å²) in [5, 5.41) is 3.90. The van der Waals surface area contributed by atoms with Crippen LogP contribution < -0.4 is 4.72 Å². The number of sulfonamides is 1. The van der Waals surface area contributed by atoms with Gasteiger partial charge in [-0.25, -0.2) is 12.8 Å². The van der Waals surface area contributed by atoms with Crippen molar-refractivity contribution in [2.45, 2.75) is 36.8 Å². The van der Waals surface area contributed by atoms with Gasteiger partial charge in [-0.2, -0.15) is 5.10 Å². The molecule has 0 unspecified atom stereocenters. The maximum Gasteiger partial charge on any atom is 0.262 e. The van der Waals surface area contributed by atoms with Crippen molar-refractivity contribution in [1.82, 2.24) is 9.78 Å². The van der Waals surface area contributed by atoms with Gasteiger partial charge >= 0.3 is 0 Å². The number of halogens is 2. The van der Waals surface area contributed by atoms with Gasteiger partial charge in [0.25, 0.3) is 10.0 Å². The molecule has 2 aromatic rings. The summed E-state index contributed by atoms with van der Waals surface area (Å²) in [4.78, 5) is -0.114. The van der Waals surface area contributed by atoms with Crippen LogP contribution in [0.1, 0.15) is 19.3 Å². The van der Waals surface area contributed by atoms with E-state index in [1.807, 2.05) is 0 Å². The number of nitrogens with one attached hydrogen (secondary N) is 1. The lowest BCUT2D eigenvalue weighted by Gasteiger charge is -2.22. The highest BCUT2D eigenvalue weighted by molar-refractivity contribution is 7.92. The monoisotopic (exact) mass is 373 g/mol. The van der Waals surface area contributed by atoms with Crippen molar-refractivity contribution < 1.29 is 17.5 Å². The minimum absolute atomic E-state index is 0.0963. The third-order valence-electron chi connectivity index (χ3n) is 3.75. The molecule has 24 heavy (non-hydrogen) atoms. The third kappa shape index (κ3) is 4.06. The Bertz CT molecular complexity index is 819. The average molecular weight is 374 g/mol. The Hall–Kier alpha value is -1.64. The molecule has 1 aliphatic heterocycles. The Morgan fingerprint density at radius 2 is 2.25 bits per heavy atom. The Balaban J connectivity index is 1.69. The van der Waals surface area contributed by atoms with E-state index in [4.69, 9.17) is 16.3 Å². The van der Waals surface area contributed by atoms with E-state index in [1.54, 1.807) is 10.9 Å². The van der Waals surface area contributed by atoms with Gasteiger partial charge < -0.3 is 4.74 Å². The van der Waals surface area contributed by atoms with Gasteiger partial charge in [0.15, 0.2) is 0 Å². The summed E-state index contributed by atoms with van der Waals surface area (Å²) in [5.41, 5.74) is 0.325. The summed E-state index contributed by atoms with van der Waals surface area (Å²) in [6, 6.07) is 3.24. The first-order valence-electron chi connectivity index (χ1n) is 7.56. The van der Waals surface area contributed by atoms with E-state index in [1.165, 1.54) is 6.20 Å². The molecule has 1 aromatic heterocycles. The molecule has 1 aromatic carbocycles. The normalized spacial score (nSPS) is 18.5. The molecule has 0 radical (unpaired) electrons. The summed E-state index contributed by atoms with van der Waals surface area (Å²) >= 11 is 5.64. The van der Waals surface area contributed by atoms with E-state index in [0.717, 1.165) is 44.1 Å². The van der Waals surface area contributed by atoms with Crippen LogP contribution in [0.2, 0.25) is 5.02 Å². The van der Waals surface area contributed by atoms with Gasteiger partial charge in [-0.15, -0.1) is 0 Å². The summed E-state index contributed by atoms with van der Waals surface area (Å²) < 4.78 is 47.5. The molecule has 1 aliphatic rings. The summed E-state index contributed by atoms with van der Waals surface area (Å²) in [6.45, 7) is 1.32. The van der Waals surface area contributed by atoms with Crippen molar-refractivity contribution >= 4 is 27.3 Å². The second-order valence-corrected chi connectivity index (χ2v) is 7.71. The van der Waals surface area contributed by atoms with Gasteiger partial charge in [0.05, 0.1) is 34.5 Å². The maximum atomic E-state index is 13.2. The molecule has 0 bridgehead atoms. The van der Waals surface area contributed by atoms with Crippen molar-refractivity contribution in [3.8, 4) is 0 Å². The Morgan fingerprint density at radius 3 is 2.96 bits per heavy atom. The van der Waals surface area contributed by atoms with Gasteiger partial charge in [0, 0.05) is 12.8 Å². The van der Waals surface area contributed by atoms with Crippen LogP contribution >= 0.6 is 11.6 Å². The van der Waals surface area contributed by atoms with Crippen molar-refractivity contribution in [3.63, 3.8) is 0 Å². The number of anilines is 1. The highest BCUT2D eigenvalue weighted by Gasteiger charge is 2.18. The Kier molecular flexibility index (Phi) is 5.07. The van der Waals surface area contributed by atoms with Gasteiger partial charge in [-0.1, -0.05) is 11.6 Å². The smallest absolute Gasteiger partial charge is 0.262 e. The molecule has 0 amide bonds. The number of hydrogen-bond acceptors (Lipinski definition) is 4. The van der Waals surface area contributed by atoms with E-state index in [-0.39, 0.29) is 16.0 Å². The van der Waals surface area contributed by atoms with Gasteiger partial charge in [0.1, 0.15) is 5.82 Å². The molecule has 0 saturated carbocycles. The lowest BCUT2D eigenvalue weighted by molar-refractivity contribution is 0.00401. The fraction of sp³-hybridized carbons (Fsp3) is 0.400. The molecule has 3 rings (SSSR count). The summed E-state index contributed by atoms with van der Waals surface area (Å²) in [6.07, 6.45) is 6.28. The van der Waals surface area contributed by atoms with Crippen LogP contribution in [-0.4, -0.2) is 30.9 Å². The molecule has 1 saturated heterocycles. The van der Waals surface area contributed by atoms with Gasteiger partial charge in [-0.05, 0) is 37.5 Å². The molecule has 130 valence electrons. The highest BCUT2D eigenvalue weighted by atomic mass is 35.5. The first-order chi connectivity index (χ1) is 11.4. The molecule has 1 atom stereocenters. The highest BCUT2D eigenvalue weighted by Crippen LogP contribution is 2.22. The molecule has 9 heteroatoms. The molecule has 0 spiro atoms. The van der Waals surface area contributed by atoms with E-state index in [9.17, 15) is 12.8 Å². The molecule has 0 aliphatic carbocycles. The Morgan fingerprint density at radius 1 is 1.42 bits per heavy atom. The SMILES string of the molecule is O=S(=O)(Nc1cnn(C[C@H]2CCCCO2)c1)c1ccc(F)c(Cl)c1. The van der Waals surface area contributed by atoms with Gasteiger partial charge in [-0.3, -0.25) is 9.40 Å². The quantitative estimate of drug-likeness (QED) is 0.874. The fourth-order valence-electron chi connectivity index (χ4n) is 2.53. The molecule has 1 N–H and O–H groups in total.